The average Bonchev–Trinajstić information content (AvgIpc) is 1.99. The quantitative estimate of drug-likeness (QED) is 0.850. The lowest BCUT2D eigenvalue weighted by molar-refractivity contribution is -0.139. The monoisotopic (exact) mass is 220 g/mol. The van der Waals surface area contributed by atoms with Crippen LogP contribution >= 0.6 is 0 Å². The van der Waals surface area contributed by atoms with Gasteiger partial charge in [-0.1, -0.05) is 0 Å². The Kier molecular flexibility index (Phi) is 3.39. The largest absolute Gasteiger partial charge is 0.477 e. The number of pyridine rings is 1. The van der Waals surface area contributed by atoms with E-state index in [0.29, 0.717) is 0 Å². The molecule has 0 spiro atoms. The third-order valence-corrected chi connectivity index (χ3v) is 1.60. The molecule has 0 aliphatic carbocycles. The van der Waals surface area contributed by atoms with Gasteiger partial charge in [-0.2, -0.15) is 18.2 Å². The first-order valence-corrected chi connectivity index (χ1v) is 4.30. The highest BCUT2D eigenvalue weighted by atomic mass is 19.4. The first-order valence-electron chi connectivity index (χ1n) is 4.30. The number of nitrogen functional groups attached to an aromatic ring is 1. The molecule has 0 aromatic carbocycles. The maximum Gasteiger partial charge on any atom is 0.392 e. The van der Waals surface area contributed by atoms with Crippen LogP contribution in [0.1, 0.15) is 12.0 Å². The van der Waals surface area contributed by atoms with E-state index in [1.807, 2.05) is 0 Å². The number of hydrogen-bond donors (Lipinski definition) is 1. The molecule has 0 saturated heterocycles. The average molecular weight is 220 g/mol. The molecule has 0 radical (unpaired) electrons. The summed E-state index contributed by atoms with van der Waals surface area (Å²) in [4.78, 5) is 3.74. The normalized spacial score (nSPS) is 11.5. The predicted molar refractivity (Wildman–Crippen MR) is 49.6 cm³/mol. The Morgan fingerprint density at radius 1 is 1.40 bits per heavy atom. The number of ether oxygens (including phenoxy) is 1. The van der Waals surface area contributed by atoms with Crippen molar-refractivity contribution in [1.29, 1.82) is 0 Å². The van der Waals surface area contributed by atoms with Gasteiger partial charge in [0, 0.05) is 6.07 Å². The molecule has 0 aliphatic rings. The van der Waals surface area contributed by atoms with E-state index in [1.54, 1.807) is 13.0 Å². The van der Waals surface area contributed by atoms with Gasteiger partial charge in [0.1, 0.15) is 5.82 Å². The summed E-state index contributed by atoms with van der Waals surface area (Å²) in [5, 5.41) is 0. The van der Waals surface area contributed by atoms with E-state index in [9.17, 15) is 13.2 Å². The van der Waals surface area contributed by atoms with Crippen LogP contribution < -0.4 is 10.5 Å². The zero-order chi connectivity index (χ0) is 11.5. The summed E-state index contributed by atoms with van der Waals surface area (Å²) in [7, 11) is 0. The number of aryl methyl sites for hydroxylation is 1. The van der Waals surface area contributed by atoms with Crippen LogP contribution in [0.2, 0.25) is 0 Å². The number of nitrogens with two attached hydrogens (primary N) is 1. The molecular weight excluding hydrogens is 209 g/mol. The van der Waals surface area contributed by atoms with Gasteiger partial charge in [0.05, 0.1) is 13.0 Å². The Morgan fingerprint density at radius 2 is 2.07 bits per heavy atom. The van der Waals surface area contributed by atoms with Crippen molar-refractivity contribution >= 4 is 5.82 Å². The molecule has 15 heavy (non-hydrogen) atoms. The van der Waals surface area contributed by atoms with Gasteiger partial charge in [-0.05, 0) is 18.6 Å². The van der Waals surface area contributed by atoms with Gasteiger partial charge in [0.25, 0.3) is 0 Å². The number of alkyl halides is 3. The van der Waals surface area contributed by atoms with Crippen LogP contribution in [0.15, 0.2) is 12.1 Å². The number of aromatic nitrogens is 1. The molecule has 0 unspecified atom stereocenters. The van der Waals surface area contributed by atoms with Crippen LogP contribution in [0, 0.1) is 6.92 Å². The molecule has 1 aromatic rings. The van der Waals surface area contributed by atoms with Crippen molar-refractivity contribution in [1.82, 2.24) is 4.98 Å². The zero-order valence-corrected chi connectivity index (χ0v) is 8.14. The van der Waals surface area contributed by atoms with Crippen molar-refractivity contribution < 1.29 is 17.9 Å². The van der Waals surface area contributed by atoms with E-state index >= 15 is 0 Å². The van der Waals surface area contributed by atoms with Gasteiger partial charge in [0.2, 0.25) is 5.88 Å². The summed E-state index contributed by atoms with van der Waals surface area (Å²) in [5.41, 5.74) is 6.20. The molecule has 0 saturated carbocycles. The molecule has 1 heterocycles. The minimum atomic E-state index is -4.21. The van der Waals surface area contributed by atoms with Gasteiger partial charge >= 0.3 is 6.18 Å². The van der Waals surface area contributed by atoms with Crippen LogP contribution in [0.4, 0.5) is 19.0 Å². The molecule has 3 nitrogen and oxygen atoms in total. The minimum Gasteiger partial charge on any atom is -0.477 e. The fourth-order valence-corrected chi connectivity index (χ4v) is 1.01. The van der Waals surface area contributed by atoms with Gasteiger partial charge < -0.3 is 10.5 Å². The lowest BCUT2D eigenvalue weighted by atomic mass is 10.3. The van der Waals surface area contributed by atoms with Crippen molar-refractivity contribution in [3.05, 3.63) is 17.7 Å². The van der Waals surface area contributed by atoms with Gasteiger partial charge in [-0.25, -0.2) is 0 Å². The summed E-state index contributed by atoms with van der Waals surface area (Å²) in [6.07, 6.45) is -5.21. The molecular formula is C9H11F3N2O. The number of hydrogen-bond acceptors (Lipinski definition) is 3. The Bertz CT molecular complexity index is 318. The molecule has 0 aliphatic heterocycles. The second-order valence-electron chi connectivity index (χ2n) is 3.12. The van der Waals surface area contributed by atoms with Gasteiger partial charge in [-0.15, -0.1) is 0 Å². The summed E-state index contributed by atoms with van der Waals surface area (Å²) in [6.45, 7) is 1.31. The van der Waals surface area contributed by atoms with Gasteiger partial charge in [-0.3, -0.25) is 0 Å². The van der Waals surface area contributed by atoms with E-state index < -0.39 is 19.2 Å². The number of nitrogens with zero attached hydrogens (tertiary/aromatic N) is 1. The van der Waals surface area contributed by atoms with E-state index in [0.717, 1.165) is 5.56 Å². The van der Waals surface area contributed by atoms with Crippen LogP contribution in [-0.4, -0.2) is 17.8 Å². The molecule has 1 rings (SSSR count). The fourth-order valence-electron chi connectivity index (χ4n) is 1.01. The first-order chi connectivity index (χ1) is 6.87. The topological polar surface area (TPSA) is 48.1 Å². The second-order valence-corrected chi connectivity index (χ2v) is 3.12. The Labute approximate surface area is 85.1 Å². The second kappa shape index (κ2) is 4.37. The molecule has 6 heteroatoms. The smallest absolute Gasteiger partial charge is 0.392 e. The van der Waals surface area contributed by atoms with E-state index in [1.165, 1.54) is 6.07 Å². The fraction of sp³-hybridized carbons (Fsp3) is 0.444. The third-order valence-electron chi connectivity index (χ3n) is 1.60. The standard InChI is InChI=1S/C9H11F3N2O/c1-6-4-7(13)14-8(5-6)15-3-2-9(10,11)12/h4-5H,2-3H2,1H3,(H2,13,14). The van der Waals surface area contributed by atoms with Crippen molar-refractivity contribution in [2.24, 2.45) is 0 Å². The number of halogens is 3. The van der Waals surface area contributed by atoms with Crippen LogP contribution in [0.25, 0.3) is 0 Å². The van der Waals surface area contributed by atoms with Crippen molar-refractivity contribution in [2.45, 2.75) is 19.5 Å². The summed E-state index contributed by atoms with van der Waals surface area (Å²) < 4.78 is 40.2. The highest BCUT2D eigenvalue weighted by molar-refractivity contribution is 5.36. The van der Waals surface area contributed by atoms with E-state index in [4.69, 9.17) is 10.5 Å². The highest BCUT2D eigenvalue weighted by Gasteiger charge is 2.26. The molecule has 0 bridgehead atoms. The lowest BCUT2D eigenvalue weighted by Crippen LogP contribution is -2.13. The minimum absolute atomic E-state index is 0.122. The highest BCUT2D eigenvalue weighted by Crippen LogP contribution is 2.20. The SMILES string of the molecule is Cc1cc(N)nc(OCCC(F)(F)F)c1. The molecule has 0 atom stereocenters. The predicted octanol–water partition coefficient (Wildman–Crippen LogP) is 2.30. The summed E-state index contributed by atoms with van der Waals surface area (Å²) >= 11 is 0. The number of anilines is 1. The molecule has 0 fully saturated rings. The van der Waals surface area contributed by atoms with Gasteiger partial charge in [0.15, 0.2) is 0 Å². The zero-order valence-electron chi connectivity index (χ0n) is 8.14. The van der Waals surface area contributed by atoms with Crippen molar-refractivity contribution in [3.63, 3.8) is 0 Å². The Hall–Kier alpha value is -1.46. The summed E-state index contributed by atoms with van der Waals surface area (Å²) in [6, 6.07) is 3.14. The maximum absolute atomic E-state index is 11.8. The van der Waals surface area contributed by atoms with Crippen LogP contribution in [0.3, 0.4) is 0 Å². The van der Waals surface area contributed by atoms with E-state index in [-0.39, 0.29) is 11.7 Å². The van der Waals surface area contributed by atoms with Crippen molar-refractivity contribution in [3.8, 4) is 5.88 Å². The first kappa shape index (κ1) is 11.6. The maximum atomic E-state index is 11.8. The Balaban J connectivity index is 2.51. The molecule has 0 amide bonds. The van der Waals surface area contributed by atoms with Crippen LogP contribution in [-0.2, 0) is 0 Å². The third kappa shape index (κ3) is 4.53. The van der Waals surface area contributed by atoms with Crippen LogP contribution in [0.5, 0.6) is 5.88 Å². The molecule has 84 valence electrons. The lowest BCUT2D eigenvalue weighted by Gasteiger charge is -2.08. The Morgan fingerprint density at radius 3 is 2.60 bits per heavy atom. The van der Waals surface area contributed by atoms with E-state index in [2.05, 4.69) is 4.98 Å². The molecule has 1 aromatic heterocycles. The molecule has 2 N–H and O–H groups in total. The van der Waals surface area contributed by atoms with Crippen molar-refractivity contribution in [2.75, 3.05) is 12.3 Å². The number of rotatable bonds is 3. The summed E-state index contributed by atoms with van der Waals surface area (Å²) in [5.74, 6) is 0.355.